The quantitative estimate of drug-likeness (QED) is 0.732. The van der Waals surface area contributed by atoms with Crippen LogP contribution < -0.4 is 0 Å². The summed E-state index contributed by atoms with van der Waals surface area (Å²) in [4.78, 5) is 37.7. The van der Waals surface area contributed by atoms with Gasteiger partial charge in [-0.1, -0.05) is 0 Å². The highest BCUT2D eigenvalue weighted by atomic mass is 16.6. The minimum atomic E-state index is -0.808. The van der Waals surface area contributed by atoms with E-state index < -0.39 is 23.3 Å². The maximum absolute atomic E-state index is 12.5. The van der Waals surface area contributed by atoms with Crippen molar-refractivity contribution < 1.29 is 23.9 Å². The van der Waals surface area contributed by atoms with Crippen LogP contribution in [0.2, 0.25) is 0 Å². The van der Waals surface area contributed by atoms with Crippen molar-refractivity contribution in [2.75, 3.05) is 6.61 Å². The molecule has 124 valence electrons. The minimum absolute atomic E-state index is 0.0288. The molecule has 1 heterocycles. The molecule has 22 heavy (non-hydrogen) atoms. The molecule has 0 aromatic rings. The van der Waals surface area contributed by atoms with Gasteiger partial charge >= 0.3 is 6.09 Å². The fourth-order valence-corrected chi connectivity index (χ4v) is 3.05. The first-order chi connectivity index (χ1) is 10.0. The van der Waals surface area contributed by atoms with Gasteiger partial charge in [-0.15, -0.1) is 0 Å². The summed E-state index contributed by atoms with van der Waals surface area (Å²) >= 11 is 0. The normalized spacial score (nSPS) is 25.9. The van der Waals surface area contributed by atoms with E-state index in [1.165, 1.54) is 4.90 Å². The lowest BCUT2D eigenvalue weighted by atomic mass is 9.96. The smallest absolute Gasteiger partial charge is 0.412 e. The lowest BCUT2D eigenvalue weighted by Gasteiger charge is -2.35. The predicted octanol–water partition coefficient (Wildman–Crippen LogP) is 2.30. The number of ether oxygens (including phenoxy) is 2. The van der Waals surface area contributed by atoms with Crippen LogP contribution in [0, 0.1) is 5.92 Å². The van der Waals surface area contributed by atoms with Gasteiger partial charge in [0.05, 0.1) is 18.6 Å². The van der Waals surface area contributed by atoms with Crippen LogP contribution in [0.15, 0.2) is 0 Å². The summed E-state index contributed by atoms with van der Waals surface area (Å²) in [5.41, 5.74) is -1.42. The van der Waals surface area contributed by atoms with E-state index in [9.17, 15) is 14.4 Å². The van der Waals surface area contributed by atoms with Gasteiger partial charge in [-0.05, 0) is 41.0 Å². The van der Waals surface area contributed by atoms with E-state index in [1.54, 1.807) is 34.6 Å². The first kappa shape index (κ1) is 16.9. The molecule has 2 aliphatic rings. The van der Waals surface area contributed by atoms with Gasteiger partial charge in [0.1, 0.15) is 22.9 Å². The number of hydrogen-bond donors (Lipinski definition) is 0. The Labute approximate surface area is 131 Å². The number of amides is 1. The summed E-state index contributed by atoms with van der Waals surface area (Å²) in [6, 6.07) is -0.319. The molecular formula is C16H25NO5. The maximum Gasteiger partial charge on any atom is 0.412 e. The fourth-order valence-electron chi connectivity index (χ4n) is 3.05. The lowest BCUT2D eigenvalue weighted by molar-refractivity contribution is -0.128. The summed E-state index contributed by atoms with van der Waals surface area (Å²) in [5, 5.41) is 0. The van der Waals surface area contributed by atoms with Crippen molar-refractivity contribution in [3.63, 3.8) is 0 Å². The van der Waals surface area contributed by atoms with E-state index in [1.807, 2.05) is 0 Å². The maximum atomic E-state index is 12.5. The van der Waals surface area contributed by atoms with Crippen LogP contribution in [0.3, 0.4) is 0 Å². The first-order valence-corrected chi connectivity index (χ1v) is 7.73. The lowest BCUT2D eigenvalue weighted by Crippen LogP contribution is -2.50. The van der Waals surface area contributed by atoms with Gasteiger partial charge in [0.15, 0.2) is 0 Å². The second-order valence-electron chi connectivity index (χ2n) is 7.48. The molecule has 2 rings (SSSR count). The van der Waals surface area contributed by atoms with E-state index in [0.717, 1.165) is 0 Å². The zero-order valence-corrected chi connectivity index (χ0v) is 14.0. The number of carbonyl (C=O) groups excluding carboxylic acids is 3. The van der Waals surface area contributed by atoms with Crippen molar-refractivity contribution in [3.05, 3.63) is 0 Å². The Morgan fingerprint density at radius 1 is 1.27 bits per heavy atom. The summed E-state index contributed by atoms with van der Waals surface area (Å²) in [7, 11) is 0. The standard InChI is InChI=1S/C16H25NO5/c1-15(2,3)22-14(20)17-10(9-21-16(17,4)5)8-11-12(18)6-7-13(11)19/h10-11H,6-9H2,1-5H3/t10-/m1/s1. The summed E-state index contributed by atoms with van der Waals surface area (Å²) < 4.78 is 11.1. The summed E-state index contributed by atoms with van der Waals surface area (Å²) in [6.07, 6.45) is 0.470. The summed E-state index contributed by atoms with van der Waals surface area (Å²) in [5.74, 6) is -0.662. The molecule has 0 unspecified atom stereocenters. The molecule has 0 bridgehead atoms. The Kier molecular flexibility index (Phi) is 4.35. The average molecular weight is 311 g/mol. The van der Waals surface area contributed by atoms with E-state index in [2.05, 4.69) is 0 Å². The Morgan fingerprint density at radius 2 is 1.82 bits per heavy atom. The van der Waals surface area contributed by atoms with E-state index in [4.69, 9.17) is 9.47 Å². The molecule has 0 radical (unpaired) electrons. The van der Waals surface area contributed by atoms with Crippen LogP contribution in [0.5, 0.6) is 0 Å². The molecule has 0 N–H and O–H groups in total. The highest BCUT2D eigenvalue weighted by Gasteiger charge is 2.48. The average Bonchev–Trinajstić information content (AvgIpc) is 2.81. The SMILES string of the molecule is CC(C)(C)OC(=O)N1[C@H](CC2C(=O)CCC2=O)COC1(C)C. The molecule has 1 saturated heterocycles. The third-order valence-corrected chi connectivity index (χ3v) is 4.07. The van der Waals surface area contributed by atoms with Crippen molar-refractivity contribution in [3.8, 4) is 0 Å². The van der Waals surface area contributed by atoms with Gasteiger partial charge in [-0.3, -0.25) is 14.5 Å². The largest absolute Gasteiger partial charge is 0.444 e. The number of Topliss-reactive ketones (excluding diaryl/α,β-unsaturated/α-hetero) is 2. The Morgan fingerprint density at radius 3 is 2.32 bits per heavy atom. The Balaban J connectivity index is 2.14. The highest BCUT2D eigenvalue weighted by Crippen LogP contribution is 2.34. The molecule has 0 spiro atoms. The van der Waals surface area contributed by atoms with Gasteiger partial charge in [0.25, 0.3) is 0 Å². The van der Waals surface area contributed by atoms with Gasteiger partial charge < -0.3 is 9.47 Å². The predicted molar refractivity (Wildman–Crippen MR) is 79.2 cm³/mol. The molecule has 1 aliphatic carbocycles. The molecule has 6 nitrogen and oxygen atoms in total. The molecule has 1 aliphatic heterocycles. The Hall–Kier alpha value is -1.43. The monoisotopic (exact) mass is 311 g/mol. The zero-order valence-electron chi connectivity index (χ0n) is 14.0. The molecule has 0 aromatic carbocycles. The number of rotatable bonds is 2. The zero-order chi connectivity index (χ0) is 16.7. The third-order valence-electron chi connectivity index (χ3n) is 4.07. The van der Waals surface area contributed by atoms with Crippen molar-refractivity contribution in [1.82, 2.24) is 4.90 Å². The van der Waals surface area contributed by atoms with Crippen LogP contribution in [0.1, 0.15) is 53.9 Å². The third kappa shape index (κ3) is 3.48. The first-order valence-electron chi connectivity index (χ1n) is 7.73. The van der Waals surface area contributed by atoms with E-state index in [0.29, 0.717) is 25.9 Å². The summed E-state index contributed by atoms with van der Waals surface area (Å²) in [6.45, 7) is 9.28. The number of nitrogens with zero attached hydrogens (tertiary/aromatic N) is 1. The van der Waals surface area contributed by atoms with Crippen LogP contribution >= 0.6 is 0 Å². The second kappa shape index (κ2) is 5.65. The van der Waals surface area contributed by atoms with Crippen LogP contribution in [-0.2, 0) is 19.1 Å². The van der Waals surface area contributed by atoms with Crippen LogP contribution in [-0.4, -0.2) is 46.5 Å². The number of carbonyl (C=O) groups is 3. The second-order valence-corrected chi connectivity index (χ2v) is 7.48. The highest BCUT2D eigenvalue weighted by molar-refractivity contribution is 6.08. The van der Waals surface area contributed by atoms with Crippen molar-refractivity contribution in [2.45, 2.75) is 71.2 Å². The van der Waals surface area contributed by atoms with Gasteiger partial charge in [-0.25, -0.2) is 4.79 Å². The van der Waals surface area contributed by atoms with Gasteiger partial charge in [-0.2, -0.15) is 0 Å². The number of ketones is 2. The van der Waals surface area contributed by atoms with E-state index in [-0.39, 0.29) is 17.6 Å². The van der Waals surface area contributed by atoms with Crippen LogP contribution in [0.4, 0.5) is 4.79 Å². The molecule has 2 fully saturated rings. The van der Waals surface area contributed by atoms with Crippen molar-refractivity contribution >= 4 is 17.7 Å². The molecule has 1 atom stereocenters. The van der Waals surface area contributed by atoms with Crippen molar-refractivity contribution in [1.29, 1.82) is 0 Å². The molecular weight excluding hydrogens is 286 g/mol. The molecule has 6 heteroatoms. The molecule has 1 saturated carbocycles. The van der Waals surface area contributed by atoms with Crippen molar-refractivity contribution in [2.24, 2.45) is 5.92 Å². The molecule has 1 amide bonds. The topological polar surface area (TPSA) is 72.9 Å². The van der Waals surface area contributed by atoms with E-state index >= 15 is 0 Å². The van der Waals surface area contributed by atoms with Crippen LogP contribution in [0.25, 0.3) is 0 Å². The van der Waals surface area contributed by atoms with Gasteiger partial charge in [0, 0.05) is 12.8 Å². The Bertz CT molecular complexity index is 475. The molecule has 0 aromatic heterocycles. The fraction of sp³-hybridized carbons (Fsp3) is 0.812. The minimum Gasteiger partial charge on any atom is -0.444 e. The number of hydrogen-bond acceptors (Lipinski definition) is 5. The van der Waals surface area contributed by atoms with Gasteiger partial charge in [0.2, 0.25) is 0 Å².